The van der Waals surface area contributed by atoms with Gasteiger partial charge in [0.2, 0.25) is 11.8 Å². The molecular formula is C24H25N5O2. The zero-order valence-electron chi connectivity index (χ0n) is 17.3. The van der Waals surface area contributed by atoms with Crippen LogP contribution in [-0.4, -0.2) is 44.1 Å². The monoisotopic (exact) mass is 415 g/mol. The lowest BCUT2D eigenvalue weighted by Gasteiger charge is -2.34. The highest BCUT2D eigenvalue weighted by Crippen LogP contribution is 2.49. The Balaban J connectivity index is 1.44. The smallest absolute Gasteiger partial charge is 0.237 e. The van der Waals surface area contributed by atoms with Gasteiger partial charge in [-0.3, -0.25) is 14.3 Å². The minimum atomic E-state index is -0.686. The molecule has 0 radical (unpaired) electrons. The Morgan fingerprint density at radius 1 is 1.13 bits per heavy atom. The molecule has 0 saturated carbocycles. The van der Waals surface area contributed by atoms with Crippen LogP contribution in [0.25, 0.3) is 0 Å². The van der Waals surface area contributed by atoms with Gasteiger partial charge in [0.05, 0.1) is 18.0 Å². The third-order valence-electron chi connectivity index (χ3n) is 6.64. The van der Waals surface area contributed by atoms with Gasteiger partial charge in [-0.15, -0.1) is 0 Å². The van der Waals surface area contributed by atoms with Gasteiger partial charge in [-0.25, -0.2) is 4.98 Å². The van der Waals surface area contributed by atoms with Crippen molar-refractivity contribution in [3.8, 4) is 0 Å². The number of amides is 2. The van der Waals surface area contributed by atoms with E-state index in [4.69, 9.17) is 0 Å². The number of anilines is 1. The number of fused-ring (bicyclic) bond motifs is 2. The quantitative estimate of drug-likeness (QED) is 0.671. The van der Waals surface area contributed by atoms with E-state index in [0.717, 1.165) is 24.1 Å². The van der Waals surface area contributed by atoms with Crippen LogP contribution in [0.4, 0.5) is 5.69 Å². The number of nitrogens with one attached hydrogen (secondary N) is 1. The highest BCUT2D eigenvalue weighted by atomic mass is 16.2. The van der Waals surface area contributed by atoms with E-state index in [0.29, 0.717) is 25.9 Å². The summed E-state index contributed by atoms with van der Waals surface area (Å²) in [5.74, 6) is 0.0703. The molecule has 1 saturated heterocycles. The Morgan fingerprint density at radius 3 is 2.74 bits per heavy atom. The minimum absolute atomic E-state index is 0.0123. The van der Waals surface area contributed by atoms with Crippen LogP contribution in [0.3, 0.4) is 0 Å². The van der Waals surface area contributed by atoms with E-state index >= 15 is 0 Å². The Morgan fingerprint density at radius 2 is 1.94 bits per heavy atom. The molecular weight excluding hydrogens is 390 g/mol. The maximum atomic E-state index is 13.3. The van der Waals surface area contributed by atoms with E-state index in [1.54, 1.807) is 11.0 Å². The van der Waals surface area contributed by atoms with Crippen LogP contribution in [0.15, 0.2) is 67.3 Å². The number of aromatic nitrogens is 3. The molecule has 0 bridgehead atoms. The van der Waals surface area contributed by atoms with Crippen molar-refractivity contribution in [1.82, 2.24) is 19.7 Å². The zero-order valence-corrected chi connectivity index (χ0v) is 17.3. The second kappa shape index (κ2) is 7.98. The molecule has 158 valence electrons. The number of para-hydroxylation sites is 1. The number of carbonyl (C=O) groups is 2. The van der Waals surface area contributed by atoms with E-state index in [-0.39, 0.29) is 17.9 Å². The molecule has 2 aliphatic heterocycles. The van der Waals surface area contributed by atoms with Gasteiger partial charge in [0, 0.05) is 18.7 Å². The van der Waals surface area contributed by atoms with Crippen molar-refractivity contribution in [2.75, 3.05) is 11.9 Å². The second-order valence-electron chi connectivity index (χ2n) is 8.26. The van der Waals surface area contributed by atoms with Gasteiger partial charge in [-0.05, 0) is 36.5 Å². The lowest BCUT2D eigenvalue weighted by atomic mass is 9.73. The summed E-state index contributed by atoms with van der Waals surface area (Å²) in [7, 11) is 0. The van der Waals surface area contributed by atoms with Crippen LogP contribution in [0, 0.1) is 0 Å². The fourth-order valence-electron chi connectivity index (χ4n) is 5.15. The molecule has 5 rings (SSSR count). The summed E-state index contributed by atoms with van der Waals surface area (Å²) in [5.41, 5.74) is 2.42. The van der Waals surface area contributed by atoms with E-state index < -0.39 is 5.41 Å². The van der Waals surface area contributed by atoms with Crippen LogP contribution in [-0.2, 0) is 28.0 Å². The number of rotatable bonds is 6. The first-order chi connectivity index (χ1) is 15.2. The fourth-order valence-corrected chi connectivity index (χ4v) is 5.15. The fraction of sp³-hybridized carbons (Fsp3) is 0.333. The van der Waals surface area contributed by atoms with Gasteiger partial charge in [-0.2, -0.15) is 5.10 Å². The molecule has 1 N–H and O–H groups in total. The Labute approximate surface area is 181 Å². The minimum Gasteiger partial charge on any atom is -0.338 e. The van der Waals surface area contributed by atoms with Crippen LogP contribution in [0.5, 0.6) is 0 Å². The third-order valence-corrected chi connectivity index (χ3v) is 6.64. The molecule has 1 fully saturated rings. The predicted octanol–water partition coefficient (Wildman–Crippen LogP) is 2.79. The molecule has 1 aromatic heterocycles. The molecule has 2 atom stereocenters. The maximum absolute atomic E-state index is 13.3. The molecule has 3 aromatic rings. The summed E-state index contributed by atoms with van der Waals surface area (Å²) in [6.45, 7) is 1.06. The number of carbonyl (C=O) groups excluding carboxylic acids is 2. The predicted molar refractivity (Wildman–Crippen MR) is 116 cm³/mol. The molecule has 31 heavy (non-hydrogen) atoms. The normalized spacial score (nSPS) is 22.0. The van der Waals surface area contributed by atoms with Crippen molar-refractivity contribution < 1.29 is 9.59 Å². The SMILES string of the molecule is O=C(CCn1cncn1)N1CC[C@@]2(C(=O)Nc3ccccc32)[C@@H]1CCc1ccccc1. The van der Waals surface area contributed by atoms with Gasteiger partial charge < -0.3 is 10.2 Å². The third kappa shape index (κ3) is 3.40. The molecule has 7 nitrogen and oxygen atoms in total. The van der Waals surface area contributed by atoms with Crippen molar-refractivity contribution in [1.29, 1.82) is 0 Å². The first-order valence-corrected chi connectivity index (χ1v) is 10.8. The molecule has 0 unspecified atom stereocenters. The summed E-state index contributed by atoms with van der Waals surface area (Å²) in [6.07, 6.45) is 5.62. The first kappa shape index (κ1) is 19.5. The number of likely N-dealkylation sites (tertiary alicyclic amines) is 1. The largest absolute Gasteiger partial charge is 0.338 e. The van der Waals surface area contributed by atoms with E-state index in [1.165, 1.54) is 11.9 Å². The number of hydrogen-bond acceptors (Lipinski definition) is 4. The Kier molecular flexibility index (Phi) is 5.02. The number of aryl methyl sites for hydroxylation is 2. The van der Waals surface area contributed by atoms with Gasteiger partial charge in [-0.1, -0.05) is 48.5 Å². The van der Waals surface area contributed by atoms with Crippen LogP contribution in [0.2, 0.25) is 0 Å². The summed E-state index contributed by atoms with van der Waals surface area (Å²) in [4.78, 5) is 32.4. The van der Waals surface area contributed by atoms with Gasteiger partial charge in [0.25, 0.3) is 0 Å². The summed E-state index contributed by atoms with van der Waals surface area (Å²) in [6, 6.07) is 18.0. The number of hydrogen-bond donors (Lipinski definition) is 1. The maximum Gasteiger partial charge on any atom is 0.237 e. The van der Waals surface area contributed by atoms with E-state index in [9.17, 15) is 9.59 Å². The highest BCUT2D eigenvalue weighted by Gasteiger charge is 2.58. The zero-order chi connectivity index (χ0) is 21.3. The highest BCUT2D eigenvalue weighted by molar-refractivity contribution is 6.07. The average Bonchev–Trinajstić information content (AvgIpc) is 3.51. The molecule has 7 heteroatoms. The van der Waals surface area contributed by atoms with Gasteiger partial charge in [0.1, 0.15) is 12.7 Å². The van der Waals surface area contributed by atoms with Gasteiger partial charge in [0.15, 0.2) is 0 Å². The van der Waals surface area contributed by atoms with Crippen molar-refractivity contribution in [2.45, 2.75) is 43.7 Å². The van der Waals surface area contributed by atoms with E-state index in [1.807, 2.05) is 47.4 Å². The lowest BCUT2D eigenvalue weighted by Crippen LogP contribution is -2.49. The van der Waals surface area contributed by atoms with Crippen molar-refractivity contribution >= 4 is 17.5 Å². The lowest BCUT2D eigenvalue weighted by molar-refractivity contribution is -0.133. The molecule has 2 amide bonds. The number of benzene rings is 2. The van der Waals surface area contributed by atoms with Crippen LogP contribution in [0.1, 0.15) is 30.4 Å². The van der Waals surface area contributed by atoms with Crippen molar-refractivity contribution in [2.24, 2.45) is 0 Å². The van der Waals surface area contributed by atoms with Crippen molar-refractivity contribution in [3.63, 3.8) is 0 Å². The Hall–Kier alpha value is -3.48. The molecule has 2 aliphatic rings. The molecule has 0 aliphatic carbocycles. The molecule has 1 spiro atoms. The summed E-state index contributed by atoms with van der Waals surface area (Å²) in [5, 5.41) is 7.17. The molecule has 2 aromatic carbocycles. The standard InChI is InChI=1S/C24H25N5O2/c30-22(12-14-28-17-25-16-26-28)29-15-13-24(19-8-4-5-9-20(19)27-23(24)31)21(29)11-10-18-6-2-1-3-7-18/h1-9,16-17,21H,10-15H2,(H,27,31)/t21-,24-/m0/s1. The molecule has 3 heterocycles. The Bertz CT molecular complexity index is 1080. The average molecular weight is 415 g/mol. The van der Waals surface area contributed by atoms with Crippen LogP contribution >= 0.6 is 0 Å². The van der Waals surface area contributed by atoms with Crippen molar-refractivity contribution in [3.05, 3.63) is 78.4 Å². The summed E-state index contributed by atoms with van der Waals surface area (Å²) >= 11 is 0. The van der Waals surface area contributed by atoms with Gasteiger partial charge >= 0.3 is 0 Å². The topological polar surface area (TPSA) is 80.1 Å². The second-order valence-corrected chi connectivity index (χ2v) is 8.26. The first-order valence-electron chi connectivity index (χ1n) is 10.8. The number of nitrogens with zero attached hydrogens (tertiary/aromatic N) is 4. The van der Waals surface area contributed by atoms with Crippen LogP contribution < -0.4 is 5.32 Å². The van der Waals surface area contributed by atoms with E-state index in [2.05, 4.69) is 27.5 Å². The summed E-state index contributed by atoms with van der Waals surface area (Å²) < 4.78 is 1.67.